The standard InChI is InChI=1S/C13H20IN3O/c1-3-6-15-13-12(14)10(8-18-2)16-11(17-13)7-9-4-5-9/h9H,3-8H2,1-2H3,(H,15,16,17). The minimum Gasteiger partial charge on any atom is -0.378 e. The van der Waals surface area contributed by atoms with Gasteiger partial charge in [-0.05, 0) is 47.8 Å². The van der Waals surface area contributed by atoms with Gasteiger partial charge in [0.15, 0.2) is 0 Å². The lowest BCUT2D eigenvalue weighted by Crippen LogP contribution is -2.11. The van der Waals surface area contributed by atoms with E-state index in [-0.39, 0.29) is 0 Å². The van der Waals surface area contributed by atoms with Crippen LogP contribution in [0.15, 0.2) is 0 Å². The highest BCUT2D eigenvalue weighted by molar-refractivity contribution is 14.1. The van der Waals surface area contributed by atoms with Crippen LogP contribution in [0.2, 0.25) is 0 Å². The molecule has 1 aliphatic carbocycles. The minimum atomic E-state index is 0.555. The quantitative estimate of drug-likeness (QED) is 0.759. The van der Waals surface area contributed by atoms with Crippen LogP contribution in [0.4, 0.5) is 5.82 Å². The maximum atomic E-state index is 5.22. The fourth-order valence-corrected chi connectivity index (χ4v) is 2.40. The Morgan fingerprint density at radius 3 is 2.78 bits per heavy atom. The second-order valence-corrected chi connectivity index (χ2v) is 5.84. The summed E-state index contributed by atoms with van der Waals surface area (Å²) in [6.07, 6.45) is 4.76. The van der Waals surface area contributed by atoms with Crippen LogP contribution in [-0.4, -0.2) is 23.6 Å². The number of nitrogens with zero attached hydrogens (tertiary/aromatic N) is 2. The van der Waals surface area contributed by atoms with E-state index in [9.17, 15) is 0 Å². The number of methoxy groups -OCH3 is 1. The van der Waals surface area contributed by atoms with Crippen LogP contribution in [0.25, 0.3) is 0 Å². The van der Waals surface area contributed by atoms with Crippen molar-refractivity contribution in [2.75, 3.05) is 19.0 Å². The second kappa shape index (κ2) is 6.65. The summed E-state index contributed by atoms with van der Waals surface area (Å²) in [6, 6.07) is 0. The first kappa shape index (κ1) is 14.0. The van der Waals surface area contributed by atoms with E-state index in [0.29, 0.717) is 6.61 Å². The number of aromatic nitrogens is 2. The molecule has 1 N–H and O–H groups in total. The second-order valence-electron chi connectivity index (χ2n) is 4.76. The molecule has 0 unspecified atom stereocenters. The maximum Gasteiger partial charge on any atom is 0.143 e. The zero-order valence-electron chi connectivity index (χ0n) is 11.0. The van der Waals surface area contributed by atoms with Gasteiger partial charge in [-0.2, -0.15) is 0 Å². The first-order chi connectivity index (χ1) is 8.74. The van der Waals surface area contributed by atoms with Crippen LogP contribution in [0.1, 0.15) is 37.7 Å². The third-order valence-electron chi connectivity index (χ3n) is 2.96. The number of halogens is 1. The molecule has 0 bridgehead atoms. The van der Waals surface area contributed by atoms with Crippen molar-refractivity contribution in [2.45, 2.75) is 39.2 Å². The summed E-state index contributed by atoms with van der Waals surface area (Å²) < 4.78 is 6.31. The molecule has 0 spiro atoms. The summed E-state index contributed by atoms with van der Waals surface area (Å²) >= 11 is 2.30. The first-order valence-electron chi connectivity index (χ1n) is 6.52. The molecule has 0 aromatic carbocycles. The topological polar surface area (TPSA) is 47.0 Å². The van der Waals surface area contributed by atoms with Gasteiger partial charge in [0.05, 0.1) is 15.9 Å². The number of nitrogens with one attached hydrogen (secondary N) is 1. The highest BCUT2D eigenvalue weighted by atomic mass is 127. The van der Waals surface area contributed by atoms with E-state index in [1.165, 1.54) is 12.8 Å². The van der Waals surface area contributed by atoms with Crippen molar-refractivity contribution >= 4 is 28.4 Å². The van der Waals surface area contributed by atoms with Gasteiger partial charge in [-0.25, -0.2) is 9.97 Å². The van der Waals surface area contributed by atoms with Gasteiger partial charge in [0.2, 0.25) is 0 Å². The molecule has 1 heterocycles. The largest absolute Gasteiger partial charge is 0.378 e. The molecule has 1 aromatic rings. The lowest BCUT2D eigenvalue weighted by atomic mass is 10.2. The molecule has 2 rings (SSSR count). The molecule has 1 aromatic heterocycles. The van der Waals surface area contributed by atoms with E-state index in [1.807, 2.05) is 0 Å². The van der Waals surface area contributed by atoms with Gasteiger partial charge in [0, 0.05) is 20.1 Å². The van der Waals surface area contributed by atoms with Crippen LogP contribution in [0.5, 0.6) is 0 Å². The Hall–Kier alpha value is -0.430. The highest BCUT2D eigenvalue weighted by Gasteiger charge is 2.24. The van der Waals surface area contributed by atoms with E-state index in [4.69, 9.17) is 4.74 Å². The number of hydrogen-bond donors (Lipinski definition) is 1. The molecule has 0 radical (unpaired) electrons. The Morgan fingerprint density at radius 2 is 2.17 bits per heavy atom. The summed E-state index contributed by atoms with van der Waals surface area (Å²) in [6.45, 7) is 3.66. The average molecular weight is 361 g/mol. The fraction of sp³-hybridized carbons (Fsp3) is 0.692. The zero-order valence-corrected chi connectivity index (χ0v) is 13.2. The van der Waals surface area contributed by atoms with Crippen LogP contribution in [0.3, 0.4) is 0 Å². The molecule has 1 fully saturated rings. The third kappa shape index (κ3) is 3.78. The van der Waals surface area contributed by atoms with Crippen molar-refractivity contribution in [1.29, 1.82) is 0 Å². The molecule has 100 valence electrons. The van der Waals surface area contributed by atoms with Gasteiger partial charge < -0.3 is 10.1 Å². The summed E-state index contributed by atoms with van der Waals surface area (Å²) in [7, 11) is 1.71. The van der Waals surface area contributed by atoms with Crippen molar-refractivity contribution in [3.63, 3.8) is 0 Å². The number of rotatable bonds is 7. The molecule has 4 nitrogen and oxygen atoms in total. The predicted molar refractivity (Wildman–Crippen MR) is 80.7 cm³/mol. The first-order valence-corrected chi connectivity index (χ1v) is 7.60. The van der Waals surface area contributed by atoms with Gasteiger partial charge >= 0.3 is 0 Å². The predicted octanol–water partition coefficient (Wildman–Crippen LogP) is 3.00. The van der Waals surface area contributed by atoms with Crippen molar-refractivity contribution in [2.24, 2.45) is 5.92 Å². The van der Waals surface area contributed by atoms with Crippen LogP contribution in [-0.2, 0) is 17.8 Å². The lowest BCUT2D eigenvalue weighted by Gasteiger charge is -2.12. The molecule has 1 aliphatic rings. The van der Waals surface area contributed by atoms with Crippen molar-refractivity contribution in [3.8, 4) is 0 Å². The molecule has 0 aliphatic heterocycles. The van der Waals surface area contributed by atoms with E-state index in [1.54, 1.807) is 7.11 Å². The van der Waals surface area contributed by atoms with E-state index >= 15 is 0 Å². The summed E-state index contributed by atoms with van der Waals surface area (Å²) in [4.78, 5) is 9.27. The number of ether oxygens (including phenoxy) is 1. The van der Waals surface area contributed by atoms with Gasteiger partial charge in [0.1, 0.15) is 11.6 Å². The molecule has 1 saturated carbocycles. The lowest BCUT2D eigenvalue weighted by molar-refractivity contribution is 0.180. The van der Waals surface area contributed by atoms with E-state index in [2.05, 4.69) is 44.8 Å². The van der Waals surface area contributed by atoms with Gasteiger partial charge in [0.25, 0.3) is 0 Å². The fourth-order valence-electron chi connectivity index (χ4n) is 1.81. The molecular weight excluding hydrogens is 341 g/mol. The third-order valence-corrected chi connectivity index (χ3v) is 4.09. The Labute approximate surface area is 122 Å². The summed E-state index contributed by atoms with van der Waals surface area (Å²) in [5.41, 5.74) is 1.00. The summed E-state index contributed by atoms with van der Waals surface area (Å²) in [5, 5.41) is 3.38. The van der Waals surface area contributed by atoms with Crippen LogP contribution < -0.4 is 5.32 Å². The summed E-state index contributed by atoms with van der Waals surface area (Å²) in [5.74, 6) is 2.73. The van der Waals surface area contributed by atoms with Gasteiger partial charge in [-0.1, -0.05) is 6.92 Å². The highest BCUT2D eigenvalue weighted by Crippen LogP contribution is 2.32. The normalized spacial score (nSPS) is 14.8. The molecule has 0 atom stereocenters. The molecule has 0 saturated heterocycles. The van der Waals surface area contributed by atoms with Crippen molar-refractivity contribution in [3.05, 3.63) is 15.1 Å². The smallest absolute Gasteiger partial charge is 0.143 e. The van der Waals surface area contributed by atoms with E-state index in [0.717, 1.165) is 46.2 Å². The monoisotopic (exact) mass is 361 g/mol. The molecular formula is C13H20IN3O. The van der Waals surface area contributed by atoms with Crippen molar-refractivity contribution < 1.29 is 4.74 Å². The Morgan fingerprint density at radius 1 is 1.39 bits per heavy atom. The Balaban J connectivity index is 2.20. The van der Waals surface area contributed by atoms with Crippen LogP contribution >= 0.6 is 22.6 Å². The zero-order chi connectivity index (χ0) is 13.0. The van der Waals surface area contributed by atoms with Crippen molar-refractivity contribution in [1.82, 2.24) is 9.97 Å². The minimum absolute atomic E-state index is 0.555. The van der Waals surface area contributed by atoms with Gasteiger partial charge in [-0.3, -0.25) is 0 Å². The Bertz CT molecular complexity index is 407. The number of anilines is 1. The molecule has 5 heteroatoms. The van der Waals surface area contributed by atoms with Crippen LogP contribution in [0, 0.1) is 9.49 Å². The maximum absolute atomic E-state index is 5.22. The SMILES string of the molecule is CCCNc1nc(CC2CC2)nc(COC)c1I. The average Bonchev–Trinajstić information content (AvgIpc) is 3.15. The number of hydrogen-bond acceptors (Lipinski definition) is 4. The molecule has 18 heavy (non-hydrogen) atoms. The van der Waals surface area contributed by atoms with Gasteiger partial charge in [-0.15, -0.1) is 0 Å². The molecule has 0 amide bonds. The Kier molecular flexibility index (Phi) is 5.17. The van der Waals surface area contributed by atoms with E-state index < -0.39 is 0 Å².